The fourth-order valence-corrected chi connectivity index (χ4v) is 2.32. The van der Waals surface area contributed by atoms with Gasteiger partial charge in [0.1, 0.15) is 5.75 Å². The van der Waals surface area contributed by atoms with Gasteiger partial charge in [-0.05, 0) is 43.2 Å². The molecule has 2 aromatic rings. The van der Waals surface area contributed by atoms with Gasteiger partial charge in [-0.3, -0.25) is 4.79 Å². The molecule has 0 aromatic heterocycles. The third-order valence-electron chi connectivity index (χ3n) is 3.65. The molecule has 0 aliphatic carbocycles. The zero-order chi connectivity index (χ0) is 14.8. The molecule has 1 heterocycles. The van der Waals surface area contributed by atoms with Gasteiger partial charge in [-0.25, -0.2) is 0 Å². The highest BCUT2D eigenvalue weighted by Crippen LogP contribution is 2.32. The third kappa shape index (κ3) is 2.84. The first-order valence-corrected chi connectivity index (χ1v) is 7.03. The van der Waals surface area contributed by atoms with Crippen molar-refractivity contribution < 1.29 is 9.53 Å². The lowest BCUT2D eigenvalue weighted by Crippen LogP contribution is -2.34. The number of ether oxygens (including phenoxy) is 1. The molecule has 1 aliphatic rings. The van der Waals surface area contributed by atoms with Gasteiger partial charge in [0, 0.05) is 12.2 Å². The summed E-state index contributed by atoms with van der Waals surface area (Å²) in [5.41, 5.74) is 4.18. The summed E-state index contributed by atoms with van der Waals surface area (Å²) < 4.78 is 5.54. The van der Waals surface area contributed by atoms with E-state index in [0.717, 1.165) is 12.2 Å². The van der Waals surface area contributed by atoms with Crippen LogP contribution >= 0.6 is 0 Å². The Morgan fingerprint density at radius 2 is 2.05 bits per heavy atom. The number of carbonyl (C=O) groups excluding carboxylic acids is 1. The molecular weight excluding hydrogens is 264 g/mol. The van der Waals surface area contributed by atoms with Crippen molar-refractivity contribution in [3.8, 4) is 5.75 Å². The first-order chi connectivity index (χ1) is 10.1. The second-order valence-electron chi connectivity index (χ2n) is 5.24. The molecule has 21 heavy (non-hydrogen) atoms. The van der Waals surface area contributed by atoms with E-state index < -0.39 is 6.10 Å². The van der Waals surface area contributed by atoms with Crippen LogP contribution in [0.15, 0.2) is 42.5 Å². The van der Waals surface area contributed by atoms with Gasteiger partial charge in [-0.15, -0.1) is 0 Å². The Hall–Kier alpha value is -2.49. The SMILES string of the molecule is Cc1ccccc1CNc1ccc2c(c1)NC(=O)C(C)O2. The molecule has 2 aromatic carbocycles. The summed E-state index contributed by atoms with van der Waals surface area (Å²) in [6.45, 7) is 4.58. The summed E-state index contributed by atoms with van der Waals surface area (Å²) >= 11 is 0. The molecule has 108 valence electrons. The van der Waals surface area contributed by atoms with Gasteiger partial charge in [0.05, 0.1) is 5.69 Å². The monoisotopic (exact) mass is 282 g/mol. The fraction of sp³-hybridized carbons (Fsp3) is 0.235. The van der Waals surface area contributed by atoms with Crippen molar-refractivity contribution in [2.45, 2.75) is 26.5 Å². The lowest BCUT2D eigenvalue weighted by molar-refractivity contribution is -0.122. The Kier molecular flexibility index (Phi) is 3.52. The van der Waals surface area contributed by atoms with E-state index in [9.17, 15) is 4.79 Å². The van der Waals surface area contributed by atoms with Gasteiger partial charge in [-0.2, -0.15) is 0 Å². The van der Waals surface area contributed by atoms with Crippen molar-refractivity contribution in [3.63, 3.8) is 0 Å². The molecule has 1 amide bonds. The van der Waals surface area contributed by atoms with Gasteiger partial charge >= 0.3 is 0 Å². The topological polar surface area (TPSA) is 50.4 Å². The Labute approximate surface area is 124 Å². The highest BCUT2D eigenvalue weighted by atomic mass is 16.5. The molecule has 4 heteroatoms. The molecule has 0 fully saturated rings. The van der Waals surface area contributed by atoms with Crippen LogP contribution in [0.5, 0.6) is 5.75 Å². The molecule has 0 saturated heterocycles. The quantitative estimate of drug-likeness (QED) is 0.908. The van der Waals surface area contributed by atoms with Crippen LogP contribution in [0.1, 0.15) is 18.1 Å². The first kappa shape index (κ1) is 13.5. The van der Waals surface area contributed by atoms with Crippen molar-refractivity contribution in [2.75, 3.05) is 10.6 Å². The minimum absolute atomic E-state index is 0.112. The number of anilines is 2. The molecule has 4 nitrogen and oxygen atoms in total. The van der Waals surface area contributed by atoms with Crippen LogP contribution in [-0.2, 0) is 11.3 Å². The maximum absolute atomic E-state index is 11.6. The summed E-state index contributed by atoms with van der Waals surface area (Å²) in [5, 5.41) is 6.23. The van der Waals surface area contributed by atoms with E-state index >= 15 is 0 Å². The van der Waals surface area contributed by atoms with Crippen LogP contribution in [0.3, 0.4) is 0 Å². The average Bonchev–Trinajstić information content (AvgIpc) is 2.48. The summed E-state index contributed by atoms with van der Waals surface area (Å²) in [4.78, 5) is 11.6. The normalized spacial score (nSPS) is 16.7. The number of nitrogens with one attached hydrogen (secondary N) is 2. The van der Waals surface area contributed by atoms with Gasteiger partial charge < -0.3 is 15.4 Å². The molecule has 2 N–H and O–H groups in total. The highest BCUT2D eigenvalue weighted by Gasteiger charge is 2.23. The lowest BCUT2D eigenvalue weighted by atomic mass is 10.1. The second kappa shape index (κ2) is 5.48. The predicted molar refractivity (Wildman–Crippen MR) is 83.7 cm³/mol. The first-order valence-electron chi connectivity index (χ1n) is 7.03. The number of hydrogen-bond acceptors (Lipinski definition) is 3. The zero-order valence-corrected chi connectivity index (χ0v) is 12.1. The summed E-state index contributed by atoms with van der Waals surface area (Å²) in [6, 6.07) is 14.0. The number of aryl methyl sites for hydroxylation is 1. The molecule has 0 radical (unpaired) electrons. The van der Waals surface area contributed by atoms with Crippen LogP contribution in [0.2, 0.25) is 0 Å². The minimum Gasteiger partial charge on any atom is -0.479 e. The van der Waals surface area contributed by atoms with Crippen molar-refractivity contribution in [1.29, 1.82) is 0 Å². The van der Waals surface area contributed by atoms with Gasteiger partial charge in [-0.1, -0.05) is 24.3 Å². The number of fused-ring (bicyclic) bond motifs is 1. The van der Waals surface area contributed by atoms with Crippen molar-refractivity contribution in [1.82, 2.24) is 0 Å². The Morgan fingerprint density at radius 1 is 1.24 bits per heavy atom. The average molecular weight is 282 g/mol. The summed E-state index contributed by atoms with van der Waals surface area (Å²) in [6.07, 6.45) is -0.441. The van der Waals surface area contributed by atoms with Gasteiger partial charge in [0.25, 0.3) is 5.91 Å². The molecule has 0 saturated carbocycles. The fourth-order valence-electron chi connectivity index (χ4n) is 2.32. The predicted octanol–water partition coefficient (Wildman–Crippen LogP) is 3.33. The minimum atomic E-state index is -0.441. The standard InChI is InChI=1S/C17H18N2O2/c1-11-5-3-4-6-13(11)10-18-14-7-8-16-15(9-14)19-17(20)12(2)21-16/h3-9,12,18H,10H2,1-2H3,(H,19,20). The van der Waals surface area contributed by atoms with Crippen LogP contribution < -0.4 is 15.4 Å². The Balaban J connectivity index is 1.74. The van der Waals surface area contributed by atoms with Crippen molar-refractivity contribution in [3.05, 3.63) is 53.6 Å². The van der Waals surface area contributed by atoms with E-state index in [1.54, 1.807) is 6.92 Å². The molecule has 1 unspecified atom stereocenters. The van der Waals surface area contributed by atoms with Crippen LogP contribution in [-0.4, -0.2) is 12.0 Å². The van der Waals surface area contributed by atoms with Gasteiger partial charge in [0.2, 0.25) is 0 Å². The maximum atomic E-state index is 11.6. The second-order valence-corrected chi connectivity index (χ2v) is 5.24. The van der Waals surface area contributed by atoms with Crippen molar-refractivity contribution >= 4 is 17.3 Å². The summed E-state index contributed by atoms with van der Waals surface area (Å²) in [7, 11) is 0. The molecule has 0 bridgehead atoms. The molecule has 0 spiro atoms. The summed E-state index contributed by atoms with van der Waals surface area (Å²) in [5.74, 6) is 0.599. The number of benzene rings is 2. The maximum Gasteiger partial charge on any atom is 0.265 e. The third-order valence-corrected chi connectivity index (χ3v) is 3.65. The van der Waals surface area contributed by atoms with Crippen LogP contribution in [0.25, 0.3) is 0 Å². The van der Waals surface area contributed by atoms with E-state index in [0.29, 0.717) is 11.4 Å². The molecule has 3 rings (SSSR count). The van der Waals surface area contributed by atoms with Crippen LogP contribution in [0.4, 0.5) is 11.4 Å². The van der Waals surface area contributed by atoms with Crippen molar-refractivity contribution in [2.24, 2.45) is 0 Å². The van der Waals surface area contributed by atoms with E-state index in [1.165, 1.54) is 11.1 Å². The lowest BCUT2D eigenvalue weighted by Gasteiger charge is -2.23. The molecule has 1 atom stereocenters. The van der Waals surface area contributed by atoms with Gasteiger partial charge in [0.15, 0.2) is 6.10 Å². The van der Waals surface area contributed by atoms with E-state index in [1.807, 2.05) is 30.3 Å². The van der Waals surface area contributed by atoms with E-state index in [-0.39, 0.29) is 5.91 Å². The smallest absolute Gasteiger partial charge is 0.265 e. The van der Waals surface area contributed by atoms with E-state index in [4.69, 9.17) is 4.74 Å². The number of hydrogen-bond donors (Lipinski definition) is 2. The Bertz CT molecular complexity index is 682. The Morgan fingerprint density at radius 3 is 2.86 bits per heavy atom. The number of carbonyl (C=O) groups is 1. The number of amides is 1. The largest absolute Gasteiger partial charge is 0.479 e. The molecule has 1 aliphatic heterocycles. The molecular formula is C17H18N2O2. The highest BCUT2D eigenvalue weighted by molar-refractivity contribution is 5.98. The zero-order valence-electron chi connectivity index (χ0n) is 12.1. The number of rotatable bonds is 3. The van der Waals surface area contributed by atoms with E-state index in [2.05, 4.69) is 29.7 Å². The van der Waals surface area contributed by atoms with Crippen LogP contribution in [0, 0.1) is 6.92 Å².